The van der Waals surface area contributed by atoms with Crippen LogP contribution in [-0.4, -0.2) is 22.7 Å². The first-order valence-electron chi connectivity index (χ1n) is 11.9. The van der Waals surface area contributed by atoms with Crippen LogP contribution >= 0.6 is 12.2 Å². The highest BCUT2D eigenvalue weighted by Gasteiger charge is 2.06. The van der Waals surface area contributed by atoms with Gasteiger partial charge < -0.3 is 15.2 Å². The number of aliphatic carboxylic acids is 1. The van der Waals surface area contributed by atoms with Crippen molar-refractivity contribution < 1.29 is 14.6 Å². The van der Waals surface area contributed by atoms with Gasteiger partial charge in [-0.2, -0.15) is 0 Å². The summed E-state index contributed by atoms with van der Waals surface area (Å²) in [7, 11) is 0. The highest BCUT2D eigenvalue weighted by atomic mass is 32.1. The van der Waals surface area contributed by atoms with E-state index in [1.807, 2.05) is 24.3 Å². The van der Waals surface area contributed by atoms with E-state index in [9.17, 15) is 4.79 Å². The molecule has 0 bridgehead atoms. The number of benzene rings is 2. The van der Waals surface area contributed by atoms with E-state index < -0.39 is 5.97 Å². The van der Waals surface area contributed by atoms with Gasteiger partial charge in [-0.3, -0.25) is 4.79 Å². The number of aryl methyl sites for hydroxylation is 1. The third-order valence-corrected chi connectivity index (χ3v) is 5.72. The summed E-state index contributed by atoms with van der Waals surface area (Å²) < 4.78 is 5.73. The van der Waals surface area contributed by atoms with Crippen molar-refractivity contribution in [1.82, 2.24) is 0 Å². The predicted molar refractivity (Wildman–Crippen MR) is 137 cm³/mol. The second kappa shape index (κ2) is 16.3. The fraction of sp³-hybridized carbons (Fsp3) is 0.481. The zero-order valence-corrected chi connectivity index (χ0v) is 19.9. The molecule has 0 atom stereocenters. The summed E-state index contributed by atoms with van der Waals surface area (Å²) in [4.78, 5) is 11.4. The Bertz CT molecular complexity index is 794. The van der Waals surface area contributed by atoms with Crippen LogP contribution in [0.2, 0.25) is 0 Å². The molecule has 0 aromatic heterocycles. The number of carboxylic acid groups (broad SMARTS) is 1. The summed E-state index contributed by atoms with van der Waals surface area (Å²) in [5.41, 5.74) is 2.30. The fourth-order valence-electron chi connectivity index (χ4n) is 3.63. The molecular weight excluding hydrogens is 418 g/mol. The van der Waals surface area contributed by atoms with Crippen LogP contribution in [0.4, 0.5) is 5.69 Å². The Morgan fingerprint density at radius 3 is 2.12 bits per heavy atom. The van der Waals surface area contributed by atoms with Crippen molar-refractivity contribution in [3.05, 3.63) is 60.2 Å². The first kappa shape index (κ1) is 25.9. The molecule has 0 spiro atoms. The van der Waals surface area contributed by atoms with Crippen LogP contribution in [0.1, 0.15) is 76.2 Å². The highest BCUT2D eigenvalue weighted by molar-refractivity contribution is 7.80. The Balaban J connectivity index is 1.49. The minimum atomic E-state index is -0.802. The molecule has 2 rings (SSSR count). The van der Waals surface area contributed by atoms with Crippen LogP contribution in [0, 0.1) is 0 Å². The molecule has 5 heteroatoms. The lowest BCUT2D eigenvalue weighted by atomic mass is 10.0. The second-order valence-electron chi connectivity index (χ2n) is 8.20. The number of nitrogens with one attached hydrogen (secondary N) is 1. The molecule has 2 aromatic rings. The molecule has 0 aliphatic carbocycles. The lowest BCUT2D eigenvalue weighted by Gasteiger charge is -2.13. The zero-order valence-electron chi connectivity index (χ0n) is 19.1. The van der Waals surface area contributed by atoms with Gasteiger partial charge in [0.1, 0.15) is 5.75 Å². The first-order chi connectivity index (χ1) is 15.6. The van der Waals surface area contributed by atoms with Gasteiger partial charge in [0, 0.05) is 6.42 Å². The standard InChI is InChI=1S/C27H37NO3S/c29-27(30)21-14-22-31-25-19-13-12-18-24(25)28-26(32)20-11-6-4-2-1-3-5-8-15-23-16-9-7-10-17-23/h7,9-10,12-13,16-19H,1-6,8,11,14-15,20-22H2,(H,28,32)(H,29,30). The van der Waals surface area contributed by atoms with Gasteiger partial charge in [0.15, 0.2) is 0 Å². The maximum atomic E-state index is 10.6. The molecule has 0 heterocycles. The lowest BCUT2D eigenvalue weighted by Crippen LogP contribution is -2.10. The Hall–Kier alpha value is -2.40. The minimum absolute atomic E-state index is 0.113. The number of unbranched alkanes of at least 4 members (excludes halogenated alkanes) is 7. The van der Waals surface area contributed by atoms with Gasteiger partial charge in [-0.1, -0.05) is 93.2 Å². The number of rotatable bonds is 17. The minimum Gasteiger partial charge on any atom is -0.491 e. The maximum Gasteiger partial charge on any atom is 0.303 e. The molecule has 2 aromatic carbocycles. The Kier molecular flexibility index (Phi) is 13.1. The molecule has 0 saturated heterocycles. The molecule has 0 amide bonds. The van der Waals surface area contributed by atoms with Crippen molar-refractivity contribution in [1.29, 1.82) is 0 Å². The number of hydrogen-bond donors (Lipinski definition) is 2. The average molecular weight is 456 g/mol. The third kappa shape index (κ3) is 11.8. The number of ether oxygens (including phenoxy) is 1. The van der Waals surface area contributed by atoms with Crippen LogP contribution in [0.3, 0.4) is 0 Å². The Labute approximate surface area is 198 Å². The van der Waals surface area contributed by atoms with Crippen LogP contribution in [0.5, 0.6) is 5.75 Å². The van der Waals surface area contributed by atoms with E-state index in [4.69, 9.17) is 22.1 Å². The smallest absolute Gasteiger partial charge is 0.303 e. The molecule has 0 fully saturated rings. The molecule has 174 valence electrons. The van der Waals surface area contributed by atoms with Crippen molar-refractivity contribution in [3.63, 3.8) is 0 Å². The maximum absolute atomic E-state index is 10.6. The quantitative estimate of drug-likeness (QED) is 0.192. The average Bonchev–Trinajstić information content (AvgIpc) is 2.79. The van der Waals surface area contributed by atoms with Crippen LogP contribution in [0.25, 0.3) is 0 Å². The number of para-hydroxylation sites is 2. The van der Waals surface area contributed by atoms with Crippen molar-refractivity contribution in [2.75, 3.05) is 11.9 Å². The Morgan fingerprint density at radius 2 is 1.41 bits per heavy atom. The summed E-state index contributed by atoms with van der Waals surface area (Å²) in [5.74, 6) is -0.0863. The van der Waals surface area contributed by atoms with Gasteiger partial charge in [0.05, 0.1) is 17.3 Å². The lowest BCUT2D eigenvalue weighted by molar-refractivity contribution is -0.137. The van der Waals surface area contributed by atoms with E-state index in [1.54, 1.807) is 0 Å². The summed E-state index contributed by atoms with van der Waals surface area (Å²) in [6.07, 6.45) is 12.8. The van der Waals surface area contributed by atoms with Gasteiger partial charge in [-0.15, -0.1) is 0 Å². The largest absolute Gasteiger partial charge is 0.491 e. The summed E-state index contributed by atoms with van der Waals surface area (Å²) >= 11 is 5.51. The molecule has 32 heavy (non-hydrogen) atoms. The zero-order chi connectivity index (χ0) is 22.9. The molecule has 0 aliphatic rings. The number of hydrogen-bond acceptors (Lipinski definition) is 3. The molecule has 0 aliphatic heterocycles. The van der Waals surface area contributed by atoms with Crippen LogP contribution in [0.15, 0.2) is 54.6 Å². The van der Waals surface area contributed by atoms with E-state index in [2.05, 4.69) is 35.6 Å². The van der Waals surface area contributed by atoms with Gasteiger partial charge in [0.2, 0.25) is 0 Å². The monoisotopic (exact) mass is 455 g/mol. The molecule has 2 N–H and O–H groups in total. The van der Waals surface area contributed by atoms with E-state index in [1.165, 1.54) is 56.9 Å². The summed E-state index contributed by atoms with van der Waals surface area (Å²) in [6.45, 7) is 0.379. The second-order valence-corrected chi connectivity index (χ2v) is 8.70. The van der Waals surface area contributed by atoms with Crippen LogP contribution < -0.4 is 10.1 Å². The highest BCUT2D eigenvalue weighted by Crippen LogP contribution is 2.24. The van der Waals surface area contributed by atoms with Crippen LogP contribution in [-0.2, 0) is 11.2 Å². The fourth-order valence-corrected chi connectivity index (χ4v) is 3.89. The van der Waals surface area contributed by atoms with Crippen molar-refractivity contribution >= 4 is 28.9 Å². The molecule has 4 nitrogen and oxygen atoms in total. The molecule has 0 unspecified atom stereocenters. The molecule has 0 saturated carbocycles. The number of thiocarbonyl (C=S) groups is 1. The number of carbonyl (C=O) groups is 1. The predicted octanol–water partition coefficient (Wildman–Crippen LogP) is 7.42. The first-order valence-corrected chi connectivity index (χ1v) is 12.3. The topological polar surface area (TPSA) is 58.6 Å². The molecular formula is C27H37NO3S. The normalized spacial score (nSPS) is 10.6. The third-order valence-electron chi connectivity index (χ3n) is 5.42. The van der Waals surface area contributed by atoms with Crippen molar-refractivity contribution in [2.24, 2.45) is 0 Å². The van der Waals surface area contributed by atoms with E-state index >= 15 is 0 Å². The SMILES string of the molecule is O=C(O)CCCOc1ccccc1NC(=S)CCCCCCCCCCc1ccccc1. The number of anilines is 1. The van der Waals surface area contributed by atoms with E-state index in [0.717, 1.165) is 23.5 Å². The van der Waals surface area contributed by atoms with Crippen molar-refractivity contribution in [2.45, 2.75) is 77.0 Å². The van der Waals surface area contributed by atoms with Gasteiger partial charge in [0.25, 0.3) is 0 Å². The Morgan fingerprint density at radius 1 is 0.781 bits per heavy atom. The molecule has 0 radical (unpaired) electrons. The van der Waals surface area contributed by atoms with Gasteiger partial charge in [-0.25, -0.2) is 0 Å². The summed E-state index contributed by atoms with van der Waals surface area (Å²) in [6, 6.07) is 18.4. The van der Waals surface area contributed by atoms with Crippen molar-refractivity contribution in [3.8, 4) is 5.75 Å². The van der Waals surface area contributed by atoms with Gasteiger partial charge in [-0.05, 0) is 49.8 Å². The number of carboxylic acids is 1. The van der Waals surface area contributed by atoms with E-state index in [0.29, 0.717) is 18.8 Å². The van der Waals surface area contributed by atoms with E-state index in [-0.39, 0.29) is 6.42 Å². The summed E-state index contributed by atoms with van der Waals surface area (Å²) in [5, 5.41) is 12.0. The van der Waals surface area contributed by atoms with Gasteiger partial charge >= 0.3 is 5.97 Å².